The van der Waals surface area contributed by atoms with E-state index in [1.807, 2.05) is 12.1 Å². The monoisotopic (exact) mass is 412 g/mol. The number of rotatable bonds is 4. The smallest absolute Gasteiger partial charge is 0.258 e. The lowest BCUT2D eigenvalue weighted by Crippen LogP contribution is -2.24. The van der Waals surface area contributed by atoms with Crippen molar-refractivity contribution in [1.82, 2.24) is 19.9 Å². The molecule has 0 atom stereocenters. The topological polar surface area (TPSA) is 86.8 Å². The van der Waals surface area contributed by atoms with Crippen LogP contribution in [0.2, 0.25) is 0 Å². The first-order chi connectivity index (χ1) is 15.3. The summed E-state index contributed by atoms with van der Waals surface area (Å²) in [6.45, 7) is 1.88. The predicted molar refractivity (Wildman–Crippen MR) is 125 cm³/mol. The summed E-state index contributed by atoms with van der Waals surface area (Å²) in [5, 5.41) is 2.86. The molecule has 0 fully saturated rings. The highest BCUT2D eigenvalue weighted by Gasteiger charge is 2.16. The molecule has 31 heavy (non-hydrogen) atoms. The van der Waals surface area contributed by atoms with Gasteiger partial charge in [0.25, 0.3) is 5.91 Å². The van der Waals surface area contributed by atoms with Gasteiger partial charge in [-0.25, -0.2) is 9.97 Å². The fraction of sp³-hybridized carbons (Fsp3) is 0.167. The molecule has 0 unspecified atom stereocenters. The Morgan fingerprint density at radius 2 is 1.87 bits per heavy atom. The molecule has 0 spiro atoms. The van der Waals surface area contributed by atoms with Gasteiger partial charge < -0.3 is 15.2 Å². The van der Waals surface area contributed by atoms with Crippen molar-refractivity contribution in [2.75, 3.05) is 23.3 Å². The first kappa shape index (κ1) is 18.8. The number of amides is 1. The van der Waals surface area contributed by atoms with E-state index >= 15 is 0 Å². The first-order valence-electron chi connectivity index (χ1n) is 10.2. The summed E-state index contributed by atoms with van der Waals surface area (Å²) in [5.74, 6) is 6.79. The van der Waals surface area contributed by atoms with Gasteiger partial charge in [-0.1, -0.05) is 0 Å². The lowest BCUT2D eigenvalue weighted by Gasteiger charge is -2.22. The summed E-state index contributed by atoms with van der Waals surface area (Å²) in [6.07, 6.45) is 6.64. The van der Waals surface area contributed by atoms with Crippen molar-refractivity contribution in [2.24, 2.45) is 0 Å². The molecule has 0 saturated carbocycles. The van der Waals surface area contributed by atoms with E-state index in [9.17, 15) is 4.79 Å². The second-order valence-electron chi connectivity index (χ2n) is 7.23. The fourth-order valence-electron chi connectivity index (χ4n) is 3.63. The minimum atomic E-state index is -0.241. The summed E-state index contributed by atoms with van der Waals surface area (Å²) in [6, 6.07) is 13.5. The zero-order valence-corrected chi connectivity index (χ0v) is 16.8. The number of carbonyl (C=O) groups excluding carboxylic acids is 1. The number of hydrogen-bond acceptors (Lipinski definition) is 5. The second-order valence-corrected chi connectivity index (χ2v) is 7.23. The number of H-pyrrole nitrogens is 1. The van der Waals surface area contributed by atoms with Crippen LogP contribution in [-0.2, 0) is 0 Å². The largest absolute Gasteiger partial charge is 0.370 e. The lowest BCUT2D eigenvalue weighted by atomic mass is 10.2. The van der Waals surface area contributed by atoms with Crippen LogP contribution >= 0.6 is 0 Å². The van der Waals surface area contributed by atoms with Crippen LogP contribution in [0.4, 0.5) is 11.4 Å². The Bertz CT molecular complexity index is 1280. The lowest BCUT2D eigenvalue weighted by molar-refractivity contribution is 0.102. The number of benzene rings is 1. The Labute approximate surface area is 182 Å². The van der Waals surface area contributed by atoms with Crippen molar-refractivity contribution in [3.8, 4) is 23.2 Å². The van der Waals surface area contributed by atoms with Gasteiger partial charge in [0.05, 0.1) is 23.0 Å². The van der Waals surface area contributed by atoms with Crippen molar-refractivity contribution in [1.29, 1.82) is 0 Å². The summed E-state index contributed by atoms with van der Waals surface area (Å²) in [7, 11) is 0. The summed E-state index contributed by atoms with van der Waals surface area (Å²) < 4.78 is 0. The molecule has 0 radical (unpaired) electrons. The Kier molecular flexibility index (Phi) is 5.03. The average molecular weight is 412 g/mol. The maximum atomic E-state index is 12.8. The third kappa shape index (κ3) is 3.96. The Hall–Kier alpha value is -4.18. The van der Waals surface area contributed by atoms with E-state index in [0.717, 1.165) is 31.5 Å². The molecular formula is C24H24N6O. The quantitative estimate of drug-likeness (QED) is 0.486. The number of imidazole rings is 1. The number of aromatic nitrogens is 4. The van der Waals surface area contributed by atoms with Gasteiger partial charge in [0.1, 0.15) is 5.82 Å². The van der Waals surface area contributed by atoms with Gasteiger partial charge in [-0.3, -0.25) is 9.78 Å². The first-order valence-corrected chi connectivity index (χ1v) is 10.2. The maximum absolute atomic E-state index is 12.8. The van der Waals surface area contributed by atoms with Crippen LogP contribution in [0.15, 0.2) is 61.1 Å². The molecule has 5 rings (SSSR count). The number of fused-ring (bicyclic) bond motifs is 1. The molecule has 156 valence electrons. The highest BCUT2D eigenvalue weighted by atomic mass is 16.1. The highest BCUT2D eigenvalue weighted by molar-refractivity contribution is 6.11. The van der Waals surface area contributed by atoms with E-state index in [0.29, 0.717) is 28.2 Å². The maximum Gasteiger partial charge on any atom is 0.258 e. The number of hydrogen-bond donors (Lipinski definition) is 2. The van der Waals surface area contributed by atoms with Crippen molar-refractivity contribution in [2.45, 2.75) is 12.8 Å². The summed E-state index contributed by atoms with van der Waals surface area (Å²) >= 11 is 0. The Balaban J connectivity index is 0.00000153. The van der Waals surface area contributed by atoms with Crippen LogP contribution in [0.5, 0.6) is 0 Å². The molecular weight excluding hydrogens is 388 g/mol. The molecule has 3 aromatic heterocycles. The summed E-state index contributed by atoms with van der Waals surface area (Å²) in [4.78, 5) is 31.3. The number of carbonyl (C=O) groups is 1. The Morgan fingerprint density at radius 1 is 1.06 bits per heavy atom. The van der Waals surface area contributed by atoms with Gasteiger partial charge in [-0.15, -0.1) is 11.8 Å². The molecule has 4 heterocycles. The average Bonchev–Trinajstić information content (AvgIpc) is 3.06. The van der Waals surface area contributed by atoms with E-state index < -0.39 is 0 Å². The second kappa shape index (κ2) is 8.28. The van der Waals surface area contributed by atoms with Crippen molar-refractivity contribution < 1.29 is 7.65 Å². The van der Waals surface area contributed by atoms with Crippen LogP contribution < -0.4 is 10.2 Å². The van der Waals surface area contributed by atoms with Crippen molar-refractivity contribution >= 4 is 28.4 Å². The van der Waals surface area contributed by atoms with E-state index in [4.69, 9.17) is 0 Å². The van der Waals surface area contributed by atoms with Gasteiger partial charge in [-0.05, 0) is 42.5 Å². The number of pyridine rings is 2. The van der Waals surface area contributed by atoms with Crippen molar-refractivity contribution in [3.05, 3.63) is 66.6 Å². The van der Waals surface area contributed by atoms with E-state index in [-0.39, 0.29) is 8.76 Å². The molecule has 7 nitrogen and oxygen atoms in total. The number of anilines is 2. The highest BCUT2D eigenvalue weighted by Crippen LogP contribution is 2.25. The molecule has 1 aliphatic heterocycles. The molecule has 1 aromatic carbocycles. The SMILES string of the molecule is O=C(Nc1cccnc1)c1ccnc2nc(-c3ccc(N4CCC#CCC4)cc3)[nH]c12.[HH].[HH]. The zero-order valence-electron chi connectivity index (χ0n) is 16.8. The van der Waals surface area contributed by atoms with Gasteiger partial charge in [0.15, 0.2) is 5.65 Å². The normalized spacial score (nSPS) is 13.4. The Morgan fingerprint density at radius 3 is 2.61 bits per heavy atom. The number of aromatic amines is 1. The number of nitrogens with zero attached hydrogens (tertiary/aromatic N) is 4. The molecule has 0 bridgehead atoms. The molecule has 1 amide bonds. The number of nitrogens with one attached hydrogen (secondary N) is 2. The minimum Gasteiger partial charge on any atom is -0.370 e. The van der Waals surface area contributed by atoms with E-state index in [1.54, 1.807) is 36.8 Å². The summed E-state index contributed by atoms with van der Waals surface area (Å²) in [5.41, 5.74) is 4.32. The third-order valence-electron chi connectivity index (χ3n) is 5.20. The molecule has 1 aliphatic rings. The molecule has 4 aromatic rings. The minimum absolute atomic E-state index is 0. The van der Waals surface area contributed by atoms with Gasteiger partial charge in [0.2, 0.25) is 0 Å². The van der Waals surface area contributed by atoms with Crippen LogP contribution in [0.1, 0.15) is 26.1 Å². The molecule has 0 saturated heterocycles. The zero-order chi connectivity index (χ0) is 21.0. The third-order valence-corrected chi connectivity index (χ3v) is 5.20. The predicted octanol–water partition coefficient (Wildman–Crippen LogP) is 4.37. The van der Waals surface area contributed by atoms with Crippen LogP contribution in [-0.4, -0.2) is 38.9 Å². The standard InChI is InChI=1S/C24H20N6O.2H2/c31-24(27-18-6-5-12-25-16-18)20-11-13-26-23-21(20)28-22(29-23)17-7-9-19(10-8-17)30-14-3-1-2-4-15-30;;/h5-13,16H,3-4,14-15H2,(H,27,31)(H,26,28,29);2*1H. The van der Waals surface area contributed by atoms with Crippen LogP contribution in [0, 0.1) is 11.8 Å². The molecule has 2 N–H and O–H groups in total. The van der Waals surface area contributed by atoms with Gasteiger partial charge in [-0.2, -0.15) is 0 Å². The molecule has 7 heteroatoms. The van der Waals surface area contributed by atoms with Crippen molar-refractivity contribution in [3.63, 3.8) is 0 Å². The fourth-order valence-corrected chi connectivity index (χ4v) is 3.63. The van der Waals surface area contributed by atoms with E-state index in [2.05, 4.69) is 54.1 Å². The van der Waals surface area contributed by atoms with Crippen LogP contribution in [0.25, 0.3) is 22.6 Å². The van der Waals surface area contributed by atoms with Crippen LogP contribution in [0.3, 0.4) is 0 Å². The molecule has 0 aliphatic carbocycles. The van der Waals surface area contributed by atoms with E-state index in [1.165, 1.54) is 5.69 Å². The van der Waals surface area contributed by atoms with Gasteiger partial charge >= 0.3 is 0 Å². The van der Waals surface area contributed by atoms with Gasteiger partial charge in [0, 0.05) is 52.4 Å².